The zero-order valence-electron chi connectivity index (χ0n) is 8.57. The number of hydrogen-bond acceptors (Lipinski definition) is 4. The third-order valence-corrected chi connectivity index (χ3v) is 2.76. The molecule has 1 aromatic rings. The molecule has 0 fully saturated rings. The van der Waals surface area contributed by atoms with Gasteiger partial charge in [0.2, 0.25) is 0 Å². The van der Waals surface area contributed by atoms with Crippen LogP contribution >= 0.6 is 11.8 Å². The van der Waals surface area contributed by atoms with E-state index in [0.29, 0.717) is 0 Å². The molecule has 1 aromatic heterocycles. The Balaban J connectivity index is 2.38. The minimum atomic E-state index is 0.737. The van der Waals surface area contributed by atoms with Crippen LogP contribution < -0.4 is 5.73 Å². The number of nitrogens with zero attached hydrogens (tertiary/aromatic N) is 2. The molecule has 0 saturated heterocycles. The molecule has 0 bridgehead atoms. The van der Waals surface area contributed by atoms with Gasteiger partial charge in [-0.3, -0.25) is 0 Å². The maximum atomic E-state index is 5.40. The second-order valence-corrected chi connectivity index (χ2v) is 4.18. The first-order valence-electron chi connectivity index (χ1n) is 5.00. The van der Waals surface area contributed by atoms with Gasteiger partial charge in [-0.15, -0.1) is 0 Å². The Morgan fingerprint density at radius 3 is 2.64 bits per heavy atom. The maximum absolute atomic E-state index is 5.40. The fourth-order valence-corrected chi connectivity index (χ4v) is 1.83. The lowest BCUT2D eigenvalue weighted by Gasteiger charge is -2.00. The summed E-state index contributed by atoms with van der Waals surface area (Å²) in [4.78, 5) is 8.56. The van der Waals surface area contributed by atoms with Crippen LogP contribution in [0.1, 0.15) is 25.3 Å². The molecule has 0 saturated carbocycles. The zero-order chi connectivity index (χ0) is 10.2. The Labute approximate surface area is 89.5 Å². The summed E-state index contributed by atoms with van der Waals surface area (Å²) in [7, 11) is 0. The van der Waals surface area contributed by atoms with E-state index < -0.39 is 0 Å². The molecule has 0 aliphatic rings. The van der Waals surface area contributed by atoms with Crippen molar-refractivity contribution in [2.75, 3.05) is 12.3 Å². The van der Waals surface area contributed by atoms with Crippen LogP contribution in [0.5, 0.6) is 0 Å². The van der Waals surface area contributed by atoms with Crippen LogP contribution in [0, 0.1) is 0 Å². The number of thioether (sulfide) groups is 1. The van der Waals surface area contributed by atoms with Crippen LogP contribution in [0.2, 0.25) is 0 Å². The summed E-state index contributed by atoms with van der Waals surface area (Å²) in [6.45, 7) is 2.89. The first-order chi connectivity index (χ1) is 6.86. The monoisotopic (exact) mass is 211 g/mol. The molecule has 14 heavy (non-hydrogen) atoms. The summed E-state index contributed by atoms with van der Waals surface area (Å²) in [6, 6.07) is 0. The zero-order valence-corrected chi connectivity index (χ0v) is 9.39. The molecule has 0 unspecified atom stereocenters. The van der Waals surface area contributed by atoms with Crippen molar-refractivity contribution in [1.82, 2.24) is 9.97 Å². The lowest BCUT2D eigenvalue weighted by atomic mass is 10.2. The summed E-state index contributed by atoms with van der Waals surface area (Å²) in [6.07, 6.45) is 7.06. The number of aromatic nitrogens is 2. The van der Waals surface area contributed by atoms with Gasteiger partial charge in [0.1, 0.15) is 0 Å². The average molecular weight is 211 g/mol. The Morgan fingerprint density at radius 1 is 1.36 bits per heavy atom. The lowest BCUT2D eigenvalue weighted by Crippen LogP contribution is -2.00. The van der Waals surface area contributed by atoms with Gasteiger partial charge < -0.3 is 5.73 Å². The van der Waals surface area contributed by atoms with Gasteiger partial charge in [0.05, 0.1) is 0 Å². The van der Waals surface area contributed by atoms with Gasteiger partial charge in [0.15, 0.2) is 5.16 Å². The van der Waals surface area contributed by atoms with Gasteiger partial charge in [-0.25, -0.2) is 9.97 Å². The molecular weight excluding hydrogens is 194 g/mol. The van der Waals surface area contributed by atoms with E-state index in [1.165, 1.54) is 5.56 Å². The number of nitrogens with two attached hydrogens (primary N) is 1. The van der Waals surface area contributed by atoms with E-state index in [1.807, 2.05) is 12.4 Å². The van der Waals surface area contributed by atoms with Crippen LogP contribution in [0.3, 0.4) is 0 Å². The second-order valence-electron chi connectivity index (χ2n) is 3.11. The third-order valence-electron chi connectivity index (χ3n) is 1.80. The Bertz CT molecular complexity index is 248. The summed E-state index contributed by atoms with van der Waals surface area (Å²) < 4.78 is 0. The normalized spacial score (nSPS) is 10.4. The number of aryl methyl sites for hydroxylation is 1. The van der Waals surface area contributed by atoms with E-state index in [1.54, 1.807) is 11.8 Å². The topological polar surface area (TPSA) is 51.8 Å². The van der Waals surface area contributed by atoms with Crippen molar-refractivity contribution in [3.05, 3.63) is 18.0 Å². The average Bonchev–Trinajstić information content (AvgIpc) is 2.21. The van der Waals surface area contributed by atoms with Crippen LogP contribution in [0.4, 0.5) is 0 Å². The molecule has 0 amide bonds. The van der Waals surface area contributed by atoms with Crippen LogP contribution in [0.15, 0.2) is 17.6 Å². The van der Waals surface area contributed by atoms with Crippen molar-refractivity contribution < 1.29 is 0 Å². The van der Waals surface area contributed by atoms with Crippen LogP contribution in [-0.4, -0.2) is 22.3 Å². The molecular formula is C10H17N3S. The van der Waals surface area contributed by atoms with E-state index in [4.69, 9.17) is 5.73 Å². The van der Waals surface area contributed by atoms with Crippen molar-refractivity contribution in [3.8, 4) is 0 Å². The highest BCUT2D eigenvalue weighted by molar-refractivity contribution is 7.99. The third kappa shape index (κ3) is 4.07. The largest absolute Gasteiger partial charge is 0.330 e. The molecule has 0 radical (unpaired) electrons. The van der Waals surface area contributed by atoms with Gasteiger partial charge in [0.25, 0.3) is 0 Å². The highest BCUT2D eigenvalue weighted by Gasteiger charge is 1.97. The predicted octanol–water partition coefficient (Wildman–Crippen LogP) is 1.87. The van der Waals surface area contributed by atoms with E-state index >= 15 is 0 Å². The van der Waals surface area contributed by atoms with E-state index in [0.717, 1.165) is 36.7 Å². The standard InChI is InChI=1S/C10H17N3S/c1-2-4-9-7-12-10(13-8-9)14-6-3-5-11/h7-8H,2-6,11H2,1H3. The fourth-order valence-electron chi connectivity index (χ4n) is 1.08. The smallest absolute Gasteiger partial charge is 0.187 e. The minimum Gasteiger partial charge on any atom is -0.330 e. The lowest BCUT2D eigenvalue weighted by molar-refractivity contribution is 0.864. The summed E-state index contributed by atoms with van der Waals surface area (Å²) in [5.74, 6) is 1.00. The Hall–Kier alpha value is -0.610. The van der Waals surface area contributed by atoms with E-state index in [2.05, 4.69) is 16.9 Å². The first kappa shape index (κ1) is 11.5. The van der Waals surface area contributed by atoms with E-state index in [-0.39, 0.29) is 0 Å². The molecule has 0 atom stereocenters. The van der Waals surface area contributed by atoms with Gasteiger partial charge >= 0.3 is 0 Å². The minimum absolute atomic E-state index is 0.737. The molecule has 4 heteroatoms. The van der Waals surface area contributed by atoms with Crippen LogP contribution in [0.25, 0.3) is 0 Å². The molecule has 0 aromatic carbocycles. The molecule has 0 aliphatic carbocycles. The fraction of sp³-hybridized carbons (Fsp3) is 0.600. The summed E-state index contributed by atoms with van der Waals surface area (Å²) >= 11 is 1.67. The maximum Gasteiger partial charge on any atom is 0.187 e. The number of hydrogen-bond donors (Lipinski definition) is 1. The van der Waals surface area contributed by atoms with Crippen molar-refractivity contribution in [3.63, 3.8) is 0 Å². The van der Waals surface area contributed by atoms with Gasteiger partial charge in [0, 0.05) is 18.1 Å². The molecule has 2 N–H and O–H groups in total. The highest BCUT2D eigenvalue weighted by Crippen LogP contribution is 2.13. The van der Waals surface area contributed by atoms with Gasteiger partial charge in [-0.2, -0.15) is 0 Å². The first-order valence-corrected chi connectivity index (χ1v) is 5.99. The molecule has 0 aliphatic heterocycles. The van der Waals surface area contributed by atoms with E-state index in [9.17, 15) is 0 Å². The highest BCUT2D eigenvalue weighted by atomic mass is 32.2. The van der Waals surface area contributed by atoms with Gasteiger partial charge in [-0.05, 0) is 24.9 Å². The quantitative estimate of drug-likeness (QED) is 0.443. The predicted molar refractivity (Wildman–Crippen MR) is 60.4 cm³/mol. The molecule has 78 valence electrons. The molecule has 3 nitrogen and oxygen atoms in total. The number of rotatable bonds is 6. The molecule has 0 spiro atoms. The second kappa shape index (κ2) is 6.79. The van der Waals surface area contributed by atoms with Crippen molar-refractivity contribution >= 4 is 11.8 Å². The summed E-state index contributed by atoms with van der Waals surface area (Å²) in [5, 5.41) is 0.860. The van der Waals surface area contributed by atoms with Gasteiger partial charge in [-0.1, -0.05) is 25.1 Å². The summed E-state index contributed by atoms with van der Waals surface area (Å²) in [5.41, 5.74) is 6.62. The van der Waals surface area contributed by atoms with Crippen molar-refractivity contribution in [2.45, 2.75) is 31.3 Å². The SMILES string of the molecule is CCCc1cnc(SCCCN)nc1. The molecule has 1 rings (SSSR count). The Kier molecular flexibility index (Phi) is 5.56. The van der Waals surface area contributed by atoms with Crippen LogP contribution in [-0.2, 0) is 6.42 Å². The molecule has 1 heterocycles. The Morgan fingerprint density at radius 2 is 2.07 bits per heavy atom. The van der Waals surface area contributed by atoms with Crippen molar-refractivity contribution in [1.29, 1.82) is 0 Å². The van der Waals surface area contributed by atoms with Crippen molar-refractivity contribution in [2.24, 2.45) is 5.73 Å².